The average molecular weight is 287 g/mol. The molecular formula is C15H21N5O. The molecule has 0 aromatic carbocycles. The van der Waals surface area contributed by atoms with Crippen LogP contribution in [0.15, 0.2) is 22.9 Å². The predicted molar refractivity (Wildman–Crippen MR) is 79.4 cm³/mol. The third-order valence-corrected chi connectivity index (χ3v) is 3.92. The van der Waals surface area contributed by atoms with Crippen LogP contribution in [0.3, 0.4) is 0 Å². The highest BCUT2D eigenvalue weighted by atomic mass is 16.5. The van der Waals surface area contributed by atoms with Crippen LogP contribution in [0, 0.1) is 0 Å². The van der Waals surface area contributed by atoms with Gasteiger partial charge in [0, 0.05) is 24.2 Å². The molecule has 1 unspecified atom stereocenters. The SMILES string of the molecule is CC(C)c1noc(C2CCCN2Cc2cccnc2N)n1. The average Bonchev–Trinajstić information content (AvgIpc) is 3.09. The van der Waals surface area contributed by atoms with Gasteiger partial charge in [0.1, 0.15) is 5.82 Å². The van der Waals surface area contributed by atoms with E-state index in [1.165, 1.54) is 0 Å². The van der Waals surface area contributed by atoms with Gasteiger partial charge in [-0.15, -0.1) is 0 Å². The molecule has 21 heavy (non-hydrogen) atoms. The number of nitrogens with two attached hydrogens (primary N) is 1. The molecule has 1 fully saturated rings. The second-order valence-electron chi connectivity index (χ2n) is 5.82. The minimum Gasteiger partial charge on any atom is -0.383 e. The van der Waals surface area contributed by atoms with Gasteiger partial charge in [-0.1, -0.05) is 25.1 Å². The van der Waals surface area contributed by atoms with E-state index in [1.807, 2.05) is 12.1 Å². The lowest BCUT2D eigenvalue weighted by molar-refractivity contribution is 0.201. The molecule has 2 aromatic rings. The number of anilines is 1. The second-order valence-corrected chi connectivity index (χ2v) is 5.82. The van der Waals surface area contributed by atoms with Crippen LogP contribution in [0.25, 0.3) is 0 Å². The van der Waals surface area contributed by atoms with E-state index in [9.17, 15) is 0 Å². The zero-order valence-corrected chi connectivity index (χ0v) is 12.5. The van der Waals surface area contributed by atoms with Crippen molar-refractivity contribution in [1.29, 1.82) is 0 Å². The lowest BCUT2D eigenvalue weighted by Gasteiger charge is -2.21. The number of nitrogens with zero attached hydrogens (tertiary/aromatic N) is 4. The van der Waals surface area contributed by atoms with E-state index >= 15 is 0 Å². The number of rotatable bonds is 4. The summed E-state index contributed by atoms with van der Waals surface area (Å²) in [7, 11) is 0. The Bertz CT molecular complexity index is 610. The summed E-state index contributed by atoms with van der Waals surface area (Å²) >= 11 is 0. The smallest absolute Gasteiger partial charge is 0.244 e. The van der Waals surface area contributed by atoms with Gasteiger partial charge >= 0.3 is 0 Å². The maximum Gasteiger partial charge on any atom is 0.244 e. The van der Waals surface area contributed by atoms with Crippen LogP contribution in [0.5, 0.6) is 0 Å². The molecule has 1 atom stereocenters. The molecule has 0 aliphatic carbocycles. The van der Waals surface area contributed by atoms with E-state index in [0.717, 1.165) is 43.2 Å². The Labute approximate surface area is 124 Å². The zero-order chi connectivity index (χ0) is 14.8. The minimum absolute atomic E-state index is 0.185. The third-order valence-electron chi connectivity index (χ3n) is 3.92. The fourth-order valence-electron chi connectivity index (χ4n) is 2.72. The molecule has 0 bridgehead atoms. The number of likely N-dealkylation sites (tertiary alicyclic amines) is 1. The molecule has 0 saturated carbocycles. The van der Waals surface area contributed by atoms with E-state index < -0.39 is 0 Å². The Balaban J connectivity index is 1.77. The monoisotopic (exact) mass is 287 g/mol. The summed E-state index contributed by atoms with van der Waals surface area (Å²) < 4.78 is 5.46. The Morgan fingerprint density at radius 1 is 1.48 bits per heavy atom. The number of hydrogen-bond acceptors (Lipinski definition) is 6. The number of hydrogen-bond donors (Lipinski definition) is 1. The molecule has 1 aliphatic rings. The molecule has 0 spiro atoms. The molecule has 6 nitrogen and oxygen atoms in total. The summed E-state index contributed by atoms with van der Waals surface area (Å²) in [6, 6.07) is 4.12. The molecular weight excluding hydrogens is 266 g/mol. The largest absolute Gasteiger partial charge is 0.383 e. The highest BCUT2D eigenvalue weighted by Gasteiger charge is 2.31. The van der Waals surface area contributed by atoms with Crippen molar-refractivity contribution in [2.24, 2.45) is 0 Å². The Morgan fingerprint density at radius 2 is 2.33 bits per heavy atom. The summed E-state index contributed by atoms with van der Waals surface area (Å²) in [6.45, 7) is 5.91. The van der Waals surface area contributed by atoms with E-state index in [1.54, 1.807) is 6.20 Å². The minimum atomic E-state index is 0.185. The van der Waals surface area contributed by atoms with Crippen molar-refractivity contribution in [3.8, 4) is 0 Å². The number of nitrogen functional groups attached to an aromatic ring is 1. The first-order valence-electron chi connectivity index (χ1n) is 7.42. The molecule has 6 heteroatoms. The predicted octanol–water partition coefficient (Wildman–Crippen LogP) is 2.51. The van der Waals surface area contributed by atoms with Gasteiger partial charge in [-0.3, -0.25) is 4.90 Å². The van der Waals surface area contributed by atoms with Crippen molar-refractivity contribution < 1.29 is 4.52 Å². The standard InChI is InChI=1S/C15H21N5O/c1-10(2)14-18-15(21-19-14)12-6-4-8-20(12)9-11-5-3-7-17-13(11)16/h3,5,7,10,12H,4,6,8-9H2,1-2H3,(H2,16,17). The van der Waals surface area contributed by atoms with Crippen LogP contribution >= 0.6 is 0 Å². The molecule has 2 N–H and O–H groups in total. The molecule has 3 heterocycles. The maximum atomic E-state index is 5.94. The van der Waals surface area contributed by atoms with Crippen molar-refractivity contribution in [2.75, 3.05) is 12.3 Å². The first-order valence-corrected chi connectivity index (χ1v) is 7.42. The van der Waals surface area contributed by atoms with Gasteiger partial charge in [0.25, 0.3) is 0 Å². The summed E-state index contributed by atoms with van der Waals surface area (Å²) in [5.41, 5.74) is 6.99. The van der Waals surface area contributed by atoms with E-state index in [0.29, 0.717) is 5.82 Å². The van der Waals surface area contributed by atoms with Gasteiger partial charge in [-0.2, -0.15) is 4.98 Å². The summed E-state index contributed by atoms with van der Waals surface area (Å²) in [5.74, 6) is 2.37. The molecule has 2 aromatic heterocycles. The van der Waals surface area contributed by atoms with Crippen molar-refractivity contribution in [1.82, 2.24) is 20.0 Å². The number of aromatic nitrogens is 3. The Kier molecular flexibility index (Phi) is 3.88. The van der Waals surface area contributed by atoms with Crippen LogP contribution in [0.1, 0.15) is 55.9 Å². The molecule has 3 rings (SSSR count). The van der Waals surface area contributed by atoms with E-state index in [4.69, 9.17) is 10.3 Å². The third kappa shape index (κ3) is 2.90. The highest BCUT2D eigenvalue weighted by Crippen LogP contribution is 2.33. The second kappa shape index (κ2) is 5.81. The van der Waals surface area contributed by atoms with Crippen molar-refractivity contribution in [3.05, 3.63) is 35.6 Å². The fraction of sp³-hybridized carbons (Fsp3) is 0.533. The van der Waals surface area contributed by atoms with Crippen LogP contribution in [-0.2, 0) is 6.54 Å². The van der Waals surface area contributed by atoms with E-state index in [-0.39, 0.29) is 12.0 Å². The maximum absolute atomic E-state index is 5.94. The highest BCUT2D eigenvalue weighted by molar-refractivity contribution is 5.38. The lowest BCUT2D eigenvalue weighted by Crippen LogP contribution is -2.23. The van der Waals surface area contributed by atoms with Gasteiger partial charge in [-0.05, 0) is 25.5 Å². The fourth-order valence-corrected chi connectivity index (χ4v) is 2.72. The number of pyridine rings is 1. The van der Waals surface area contributed by atoms with Gasteiger partial charge in [0.15, 0.2) is 5.82 Å². The van der Waals surface area contributed by atoms with Gasteiger partial charge in [0.05, 0.1) is 6.04 Å². The molecule has 0 amide bonds. The summed E-state index contributed by atoms with van der Waals surface area (Å²) in [4.78, 5) is 11.0. The van der Waals surface area contributed by atoms with Crippen molar-refractivity contribution in [2.45, 2.75) is 45.2 Å². The first-order chi connectivity index (χ1) is 10.1. The molecule has 1 saturated heterocycles. The van der Waals surface area contributed by atoms with E-state index in [2.05, 4.69) is 33.9 Å². The van der Waals surface area contributed by atoms with Crippen molar-refractivity contribution >= 4 is 5.82 Å². The molecule has 1 aliphatic heterocycles. The first kappa shape index (κ1) is 14.0. The van der Waals surface area contributed by atoms with Crippen LogP contribution in [0.2, 0.25) is 0 Å². The Hall–Kier alpha value is -1.95. The normalized spacial score (nSPS) is 19.5. The van der Waals surface area contributed by atoms with Crippen LogP contribution < -0.4 is 5.73 Å². The summed E-state index contributed by atoms with van der Waals surface area (Å²) in [5, 5.41) is 4.07. The van der Waals surface area contributed by atoms with Crippen LogP contribution in [0.4, 0.5) is 5.82 Å². The zero-order valence-electron chi connectivity index (χ0n) is 12.5. The molecule has 0 radical (unpaired) electrons. The molecule has 112 valence electrons. The van der Waals surface area contributed by atoms with Gasteiger partial charge < -0.3 is 10.3 Å². The topological polar surface area (TPSA) is 81.1 Å². The van der Waals surface area contributed by atoms with Crippen LogP contribution in [-0.4, -0.2) is 26.6 Å². The Morgan fingerprint density at radius 3 is 3.05 bits per heavy atom. The van der Waals surface area contributed by atoms with Gasteiger partial charge in [0.2, 0.25) is 5.89 Å². The van der Waals surface area contributed by atoms with Gasteiger partial charge in [-0.25, -0.2) is 4.98 Å². The lowest BCUT2D eigenvalue weighted by atomic mass is 10.2. The summed E-state index contributed by atoms with van der Waals surface area (Å²) in [6.07, 6.45) is 3.89. The van der Waals surface area contributed by atoms with Crippen molar-refractivity contribution in [3.63, 3.8) is 0 Å². The quantitative estimate of drug-likeness (QED) is 0.930.